The van der Waals surface area contributed by atoms with E-state index in [2.05, 4.69) is 10.2 Å². The summed E-state index contributed by atoms with van der Waals surface area (Å²) in [6.07, 6.45) is 3.39. The minimum atomic E-state index is -0.902. The number of carbonyl (C=O) groups is 1. The molecule has 0 aliphatic carbocycles. The second-order valence-corrected chi connectivity index (χ2v) is 6.46. The van der Waals surface area contributed by atoms with Crippen LogP contribution in [0.15, 0.2) is 29.4 Å². The molecule has 5 nitrogen and oxygen atoms in total. The average molecular weight is 338 g/mol. The topological polar surface area (TPSA) is 51.0 Å². The number of carbonyl (C=O) groups excluding carboxylic acids is 1. The fraction of sp³-hybridized carbons (Fsp3) is 0.400. The standard InChI is InChI=1S/C15H16F2N4OS/c1-20-9-18-19-15(20)13-3-2-6-21(13)14(22)8-23-10-4-5-11(16)12(17)7-10/h4-5,7,9,13H,2-3,6,8H2,1H3/t13-/m1/s1. The molecule has 0 spiro atoms. The van der Waals surface area contributed by atoms with Crippen LogP contribution in [0, 0.1) is 11.6 Å². The van der Waals surface area contributed by atoms with E-state index < -0.39 is 11.6 Å². The normalized spacial score (nSPS) is 17.7. The summed E-state index contributed by atoms with van der Waals surface area (Å²) in [5, 5.41) is 7.96. The van der Waals surface area contributed by atoms with Crippen LogP contribution in [0.25, 0.3) is 0 Å². The van der Waals surface area contributed by atoms with Gasteiger partial charge in [0.2, 0.25) is 5.91 Å². The summed E-state index contributed by atoms with van der Waals surface area (Å²) in [7, 11) is 1.85. The molecule has 0 saturated carbocycles. The fourth-order valence-electron chi connectivity index (χ4n) is 2.72. The number of hydrogen-bond donors (Lipinski definition) is 0. The molecule has 23 heavy (non-hydrogen) atoms. The lowest BCUT2D eigenvalue weighted by Crippen LogP contribution is -2.33. The average Bonchev–Trinajstić information content (AvgIpc) is 3.16. The highest BCUT2D eigenvalue weighted by atomic mass is 32.2. The van der Waals surface area contributed by atoms with Gasteiger partial charge in [0.25, 0.3) is 0 Å². The number of rotatable bonds is 4. The Kier molecular flexibility index (Phi) is 4.61. The monoisotopic (exact) mass is 338 g/mol. The van der Waals surface area contributed by atoms with Crippen LogP contribution < -0.4 is 0 Å². The summed E-state index contributed by atoms with van der Waals surface area (Å²) in [5.74, 6) is -0.874. The van der Waals surface area contributed by atoms with Gasteiger partial charge in [-0.1, -0.05) is 0 Å². The lowest BCUT2D eigenvalue weighted by molar-refractivity contribution is -0.129. The molecule has 122 valence electrons. The van der Waals surface area contributed by atoms with E-state index in [1.165, 1.54) is 17.8 Å². The zero-order valence-corrected chi connectivity index (χ0v) is 13.4. The largest absolute Gasteiger partial charge is 0.332 e. The fourth-order valence-corrected chi connectivity index (χ4v) is 3.53. The first kappa shape index (κ1) is 15.9. The summed E-state index contributed by atoms with van der Waals surface area (Å²) in [4.78, 5) is 14.8. The molecule has 0 N–H and O–H groups in total. The molecule has 0 unspecified atom stereocenters. The van der Waals surface area contributed by atoms with Gasteiger partial charge < -0.3 is 9.47 Å². The molecular weight excluding hydrogens is 322 g/mol. The van der Waals surface area contributed by atoms with E-state index in [4.69, 9.17) is 0 Å². The van der Waals surface area contributed by atoms with Crippen molar-refractivity contribution in [3.8, 4) is 0 Å². The van der Waals surface area contributed by atoms with Gasteiger partial charge in [-0.2, -0.15) is 0 Å². The Morgan fingerprint density at radius 2 is 2.22 bits per heavy atom. The summed E-state index contributed by atoms with van der Waals surface area (Å²) < 4.78 is 27.9. The minimum Gasteiger partial charge on any atom is -0.332 e. The van der Waals surface area contributed by atoms with Gasteiger partial charge in [0.05, 0.1) is 11.8 Å². The van der Waals surface area contributed by atoms with Crippen molar-refractivity contribution >= 4 is 17.7 Å². The number of likely N-dealkylation sites (tertiary alicyclic amines) is 1. The van der Waals surface area contributed by atoms with Crippen LogP contribution in [0.3, 0.4) is 0 Å². The maximum Gasteiger partial charge on any atom is 0.233 e. The third-order valence-electron chi connectivity index (χ3n) is 3.87. The van der Waals surface area contributed by atoms with Gasteiger partial charge in [0.1, 0.15) is 6.33 Å². The molecule has 0 radical (unpaired) electrons. The van der Waals surface area contributed by atoms with Crippen molar-refractivity contribution in [3.05, 3.63) is 42.0 Å². The first-order chi connectivity index (χ1) is 11.1. The number of thioether (sulfide) groups is 1. The number of nitrogens with zero attached hydrogens (tertiary/aromatic N) is 4. The Bertz CT molecular complexity index is 721. The highest BCUT2D eigenvalue weighted by Crippen LogP contribution is 2.31. The van der Waals surface area contributed by atoms with E-state index in [-0.39, 0.29) is 17.7 Å². The summed E-state index contributed by atoms with van der Waals surface area (Å²) in [6.45, 7) is 0.675. The Morgan fingerprint density at radius 3 is 2.91 bits per heavy atom. The highest BCUT2D eigenvalue weighted by Gasteiger charge is 2.32. The molecule has 1 aromatic heterocycles. The van der Waals surface area contributed by atoms with E-state index in [1.807, 2.05) is 11.6 Å². The highest BCUT2D eigenvalue weighted by molar-refractivity contribution is 8.00. The molecule has 1 aliphatic rings. The van der Waals surface area contributed by atoms with Crippen molar-refractivity contribution in [2.75, 3.05) is 12.3 Å². The predicted molar refractivity (Wildman–Crippen MR) is 81.8 cm³/mol. The molecule has 1 fully saturated rings. The van der Waals surface area contributed by atoms with Gasteiger partial charge in [-0.25, -0.2) is 8.78 Å². The molecule has 1 aliphatic heterocycles. The first-order valence-corrected chi connectivity index (χ1v) is 8.26. The van der Waals surface area contributed by atoms with Gasteiger partial charge >= 0.3 is 0 Å². The molecule has 1 aromatic carbocycles. The van der Waals surface area contributed by atoms with Gasteiger partial charge in [0, 0.05) is 18.5 Å². The van der Waals surface area contributed by atoms with Crippen LogP contribution in [-0.2, 0) is 11.8 Å². The summed E-state index contributed by atoms with van der Waals surface area (Å²) in [6, 6.07) is 3.58. The van der Waals surface area contributed by atoms with Crippen molar-refractivity contribution in [1.82, 2.24) is 19.7 Å². The Labute approximate surface area is 136 Å². The Balaban J connectivity index is 1.65. The number of aromatic nitrogens is 3. The van der Waals surface area contributed by atoms with Crippen molar-refractivity contribution in [2.24, 2.45) is 7.05 Å². The number of benzene rings is 1. The molecule has 0 bridgehead atoms. The smallest absolute Gasteiger partial charge is 0.233 e. The van der Waals surface area contributed by atoms with Gasteiger partial charge in [-0.15, -0.1) is 22.0 Å². The van der Waals surface area contributed by atoms with Crippen LogP contribution in [0.2, 0.25) is 0 Å². The molecule has 8 heteroatoms. The summed E-state index contributed by atoms with van der Waals surface area (Å²) in [5.41, 5.74) is 0. The number of amides is 1. The first-order valence-electron chi connectivity index (χ1n) is 7.27. The molecule has 1 saturated heterocycles. The van der Waals surface area contributed by atoms with E-state index >= 15 is 0 Å². The van der Waals surface area contributed by atoms with Gasteiger partial charge in [-0.3, -0.25) is 4.79 Å². The van der Waals surface area contributed by atoms with E-state index in [0.717, 1.165) is 30.8 Å². The number of hydrogen-bond acceptors (Lipinski definition) is 4. The van der Waals surface area contributed by atoms with E-state index in [0.29, 0.717) is 11.4 Å². The summed E-state index contributed by atoms with van der Waals surface area (Å²) >= 11 is 1.20. The van der Waals surface area contributed by atoms with Crippen LogP contribution in [0.4, 0.5) is 8.78 Å². The second-order valence-electron chi connectivity index (χ2n) is 5.41. The van der Waals surface area contributed by atoms with E-state index in [9.17, 15) is 13.6 Å². The van der Waals surface area contributed by atoms with Gasteiger partial charge in [-0.05, 0) is 31.0 Å². The van der Waals surface area contributed by atoms with Crippen LogP contribution in [-0.4, -0.2) is 37.9 Å². The maximum atomic E-state index is 13.2. The molecular formula is C15H16F2N4OS. The van der Waals surface area contributed by atoms with Crippen molar-refractivity contribution in [2.45, 2.75) is 23.8 Å². The lowest BCUT2D eigenvalue weighted by Gasteiger charge is -2.23. The second kappa shape index (κ2) is 6.66. The van der Waals surface area contributed by atoms with Crippen molar-refractivity contribution in [3.63, 3.8) is 0 Å². The molecule has 2 aromatic rings. The van der Waals surface area contributed by atoms with E-state index in [1.54, 1.807) is 11.2 Å². The molecule has 3 rings (SSSR count). The Hall–Kier alpha value is -1.96. The third kappa shape index (κ3) is 3.36. The molecule has 1 atom stereocenters. The Morgan fingerprint density at radius 1 is 1.39 bits per heavy atom. The van der Waals surface area contributed by atoms with Crippen LogP contribution in [0.1, 0.15) is 24.7 Å². The minimum absolute atomic E-state index is 0.0368. The zero-order valence-electron chi connectivity index (χ0n) is 12.6. The van der Waals surface area contributed by atoms with Gasteiger partial charge in [0.15, 0.2) is 17.5 Å². The van der Waals surface area contributed by atoms with Crippen molar-refractivity contribution in [1.29, 1.82) is 0 Å². The van der Waals surface area contributed by atoms with Crippen molar-refractivity contribution < 1.29 is 13.6 Å². The molecule has 1 amide bonds. The number of aryl methyl sites for hydroxylation is 1. The van der Waals surface area contributed by atoms with Crippen LogP contribution in [0.5, 0.6) is 0 Å². The SMILES string of the molecule is Cn1cnnc1[C@H]1CCCN1C(=O)CSc1ccc(F)c(F)c1. The maximum absolute atomic E-state index is 13.2. The zero-order chi connectivity index (χ0) is 16.4. The third-order valence-corrected chi connectivity index (χ3v) is 4.85. The number of halogens is 2. The molecule has 2 heterocycles. The quantitative estimate of drug-likeness (QED) is 0.804. The lowest BCUT2D eigenvalue weighted by atomic mass is 10.2. The van der Waals surface area contributed by atoms with Crippen LogP contribution >= 0.6 is 11.8 Å². The predicted octanol–water partition coefficient (Wildman–Crippen LogP) is 2.55.